The average molecular weight is 198 g/mol. The maximum atomic E-state index is 9.63. The Balaban J connectivity index is 0. The fraction of sp³-hybridized carbons (Fsp3) is 0.400. The quantitative estimate of drug-likeness (QED) is 0.401. The molecule has 0 aliphatic carbocycles. The Kier molecular flexibility index (Phi) is 7.70. The second-order valence-electron chi connectivity index (χ2n) is 1.55. The van der Waals surface area contributed by atoms with E-state index in [2.05, 4.69) is 6.58 Å². The van der Waals surface area contributed by atoms with Crippen molar-refractivity contribution in [3.63, 3.8) is 0 Å². The van der Waals surface area contributed by atoms with Gasteiger partial charge in [-0.15, -0.1) is 0 Å². The van der Waals surface area contributed by atoms with Gasteiger partial charge in [-0.1, -0.05) is 6.58 Å². The minimum atomic E-state index is -3.92. The van der Waals surface area contributed by atoms with Gasteiger partial charge >= 0.3 is 5.97 Å². The number of aliphatic hydroxyl groups is 1. The summed E-state index contributed by atoms with van der Waals surface area (Å²) < 4.78 is 27.1. The van der Waals surface area contributed by atoms with E-state index in [1.165, 1.54) is 0 Å². The third-order valence-corrected chi connectivity index (χ3v) is 1.22. The zero-order valence-electron chi connectivity index (χ0n) is 6.17. The molecule has 3 N–H and O–H groups in total. The second kappa shape index (κ2) is 6.77. The van der Waals surface area contributed by atoms with Gasteiger partial charge in [0, 0.05) is 6.08 Å². The normalized spacial score (nSPS) is 9.50. The van der Waals surface area contributed by atoms with Crippen molar-refractivity contribution in [2.24, 2.45) is 0 Å². The van der Waals surface area contributed by atoms with Crippen molar-refractivity contribution >= 4 is 16.1 Å². The molecule has 0 aliphatic heterocycles. The standard InChI is InChI=1S/C3H4O2.C2H6O4S/c1-2-3(4)5;3-1-2-7(4,5)6/h2H,1H2,(H,4,5);3H,1-2H2,(H,4,5,6). The van der Waals surface area contributed by atoms with Crippen molar-refractivity contribution in [2.75, 3.05) is 12.4 Å². The van der Waals surface area contributed by atoms with Crippen LogP contribution in [0.25, 0.3) is 0 Å². The molecule has 6 nitrogen and oxygen atoms in total. The molecule has 0 heterocycles. The summed E-state index contributed by atoms with van der Waals surface area (Å²) in [6.45, 7) is 2.43. The van der Waals surface area contributed by atoms with Gasteiger partial charge in [0.1, 0.15) is 0 Å². The van der Waals surface area contributed by atoms with E-state index in [0.29, 0.717) is 0 Å². The summed E-state index contributed by atoms with van der Waals surface area (Å²) in [6.07, 6.45) is 0.833. The molecule has 12 heavy (non-hydrogen) atoms. The van der Waals surface area contributed by atoms with Crippen LogP contribution in [0.2, 0.25) is 0 Å². The van der Waals surface area contributed by atoms with Gasteiger partial charge in [-0.25, -0.2) is 4.79 Å². The monoisotopic (exact) mass is 198 g/mol. The molecule has 0 spiro atoms. The van der Waals surface area contributed by atoms with Gasteiger partial charge in [-0.3, -0.25) is 4.55 Å². The fourth-order valence-corrected chi connectivity index (χ4v) is 0.346. The van der Waals surface area contributed by atoms with Crippen LogP contribution in [-0.4, -0.2) is 41.5 Å². The molecule has 72 valence electrons. The molecule has 0 bridgehead atoms. The van der Waals surface area contributed by atoms with Gasteiger partial charge in [0.2, 0.25) is 0 Å². The van der Waals surface area contributed by atoms with Gasteiger partial charge in [0.05, 0.1) is 12.4 Å². The van der Waals surface area contributed by atoms with Gasteiger partial charge in [-0.05, 0) is 0 Å². The second-order valence-corrected chi connectivity index (χ2v) is 3.12. The molecule has 0 unspecified atom stereocenters. The van der Waals surface area contributed by atoms with Gasteiger partial charge < -0.3 is 10.2 Å². The largest absolute Gasteiger partial charge is 0.478 e. The summed E-state index contributed by atoms with van der Waals surface area (Å²) in [5, 5.41) is 15.5. The van der Waals surface area contributed by atoms with Crippen LogP contribution in [0.1, 0.15) is 0 Å². The Morgan fingerprint density at radius 2 is 1.83 bits per heavy atom. The molecular formula is C5H10O6S. The Labute approximate surface area is 69.9 Å². The number of rotatable bonds is 3. The number of aliphatic hydroxyl groups excluding tert-OH is 1. The van der Waals surface area contributed by atoms with Crippen LogP contribution in [0.4, 0.5) is 0 Å². The molecule has 0 radical (unpaired) electrons. The number of carboxylic acid groups (broad SMARTS) is 1. The third kappa shape index (κ3) is 23.0. The van der Waals surface area contributed by atoms with Crippen LogP contribution >= 0.6 is 0 Å². The molecule has 0 aromatic carbocycles. The van der Waals surface area contributed by atoms with E-state index < -0.39 is 28.4 Å². The summed E-state index contributed by atoms with van der Waals surface area (Å²) in [5.41, 5.74) is 0. The van der Waals surface area contributed by atoms with E-state index in [9.17, 15) is 13.2 Å². The van der Waals surface area contributed by atoms with E-state index in [-0.39, 0.29) is 0 Å². The maximum Gasteiger partial charge on any atom is 0.327 e. The van der Waals surface area contributed by atoms with E-state index in [0.717, 1.165) is 6.08 Å². The smallest absolute Gasteiger partial charge is 0.327 e. The summed E-state index contributed by atoms with van der Waals surface area (Å²) in [6, 6.07) is 0. The van der Waals surface area contributed by atoms with Gasteiger partial charge in [0.25, 0.3) is 10.1 Å². The summed E-state index contributed by atoms with van der Waals surface area (Å²) >= 11 is 0. The minimum Gasteiger partial charge on any atom is -0.478 e. The molecule has 0 aliphatic rings. The van der Waals surface area contributed by atoms with Crippen LogP contribution < -0.4 is 0 Å². The molecular weight excluding hydrogens is 188 g/mol. The highest BCUT2D eigenvalue weighted by Crippen LogP contribution is 1.75. The van der Waals surface area contributed by atoms with Crippen molar-refractivity contribution in [3.8, 4) is 0 Å². The molecule has 0 rings (SSSR count). The summed E-state index contributed by atoms with van der Waals surface area (Å²) in [5.74, 6) is -1.56. The van der Waals surface area contributed by atoms with Gasteiger partial charge in [-0.2, -0.15) is 8.42 Å². The van der Waals surface area contributed by atoms with Crippen LogP contribution in [-0.2, 0) is 14.9 Å². The molecule has 0 amide bonds. The third-order valence-electron chi connectivity index (χ3n) is 0.524. The fourth-order valence-electron chi connectivity index (χ4n) is 0.115. The number of carboxylic acids is 1. The molecule has 0 aromatic heterocycles. The van der Waals surface area contributed by atoms with E-state index in [1.807, 2.05) is 0 Å². The first-order valence-electron chi connectivity index (χ1n) is 2.75. The van der Waals surface area contributed by atoms with E-state index in [4.69, 9.17) is 14.8 Å². The highest BCUT2D eigenvalue weighted by Gasteiger charge is 1.99. The first-order chi connectivity index (χ1) is 5.33. The van der Waals surface area contributed by atoms with Crippen molar-refractivity contribution in [1.29, 1.82) is 0 Å². The zero-order chi connectivity index (χ0) is 10.2. The maximum absolute atomic E-state index is 9.63. The number of hydrogen-bond acceptors (Lipinski definition) is 4. The number of aliphatic carboxylic acids is 1. The lowest BCUT2D eigenvalue weighted by Gasteiger charge is -1.85. The molecule has 0 fully saturated rings. The predicted octanol–water partition coefficient (Wildman–Crippen LogP) is -0.876. The molecule has 0 saturated heterocycles. The van der Waals surface area contributed by atoms with Crippen molar-refractivity contribution < 1.29 is 28.0 Å². The van der Waals surface area contributed by atoms with Crippen molar-refractivity contribution in [2.45, 2.75) is 0 Å². The first kappa shape index (κ1) is 13.7. The lowest BCUT2D eigenvalue weighted by Crippen LogP contribution is -2.06. The Morgan fingerprint density at radius 1 is 1.50 bits per heavy atom. The Bertz CT molecular complexity index is 228. The Hall–Kier alpha value is -0.920. The topological polar surface area (TPSA) is 112 Å². The molecule has 0 atom stereocenters. The lowest BCUT2D eigenvalue weighted by atomic mass is 10.7. The summed E-state index contributed by atoms with van der Waals surface area (Å²) in [4.78, 5) is 9.25. The van der Waals surface area contributed by atoms with Crippen LogP contribution in [0.5, 0.6) is 0 Å². The van der Waals surface area contributed by atoms with Crippen LogP contribution in [0, 0.1) is 0 Å². The van der Waals surface area contributed by atoms with Crippen LogP contribution in [0.3, 0.4) is 0 Å². The van der Waals surface area contributed by atoms with Crippen molar-refractivity contribution in [1.82, 2.24) is 0 Å². The van der Waals surface area contributed by atoms with Crippen molar-refractivity contribution in [3.05, 3.63) is 12.7 Å². The molecule has 0 aromatic rings. The highest BCUT2D eigenvalue weighted by atomic mass is 32.2. The first-order valence-corrected chi connectivity index (χ1v) is 4.35. The lowest BCUT2D eigenvalue weighted by molar-refractivity contribution is -0.131. The number of hydrogen-bond donors (Lipinski definition) is 3. The van der Waals surface area contributed by atoms with E-state index in [1.54, 1.807) is 0 Å². The van der Waals surface area contributed by atoms with E-state index >= 15 is 0 Å². The molecule has 7 heteroatoms. The average Bonchev–Trinajstić information content (AvgIpc) is 1.86. The minimum absolute atomic E-state index is 0.529. The Morgan fingerprint density at radius 3 is 1.83 bits per heavy atom. The SMILES string of the molecule is C=CC(=O)O.O=S(=O)(O)CCO. The van der Waals surface area contributed by atoms with Crippen LogP contribution in [0.15, 0.2) is 12.7 Å². The number of carbonyl (C=O) groups is 1. The highest BCUT2D eigenvalue weighted by molar-refractivity contribution is 7.85. The molecule has 0 saturated carbocycles. The zero-order valence-corrected chi connectivity index (χ0v) is 6.99. The van der Waals surface area contributed by atoms with Gasteiger partial charge in [0.15, 0.2) is 0 Å². The summed E-state index contributed by atoms with van der Waals surface area (Å²) in [7, 11) is -3.92. The predicted molar refractivity (Wildman–Crippen MR) is 41.3 cm³/mol.